The number of halogens is 4. The van der Waals surface area contributed by atoms with Crippen molar-refractivity contribution in [2.75, 3.05) is 33.2 Å². The Morgan fingerprint density at radius 3 is 2.44 bits per heavy atom. The van der Waals surface area contributed by atoms with E-state index in [1.807, 2.05) is 47.4 Å². The fourth-order valence-corrected chi connectivity index (χ4v) is 3.45. The van der Waals surface area contributed by atoms with Gasteiger partial charge in [-0.1, -0.05) is 36.4 Å². The normalized spacial score (nSPS) is 16.3. The van der Waals surface area contributed by atoms with Gasteiger partial charge in [0.15, 0.2) is 5.96 Å². The van der Waals surface area contributed by atoms with Crippen LogP contribution in [0.15, 0.2) is 53.7 Å². The zero-order valence-corrected chi connectivity index (χ0v) is 20.5. The highest BCUT2D eigenvalue weighted by Gasteiger charge is 2.41. The molecule has 1 aromatic heterocycles. The number of ether oxygens (including phenoxy) is 1. The van der Waals surface area contributed by atoms with Gasteiger partial charge in [0.1, 0.15) is 12.6 Å². The zero-order chi connectivity index (χ0) is 22.3. The van der Waals surface area contributed by atoms with Gasteiger partial charge in [0.25, 0.3) is 0 Å². The summed E-state index contributed by atoms with van der Waals surface area (Å²) in [6.07, 6.45) is -2.53. The molecule has 0 spiro atoms. The molecular formula is C22H29F3IN5O. The van der Waals surface area contributed by atoms with Gasteiger partial charge in [-0.3, -0.25) is 9.89 Å². The molecule has 0 bridgehead atoms. The molecule has 10 heteroatoms. The number of nitrogens with zero attached hydrogens (tertiary/aromatic N) is 4. The molecule has 1 aliphatic heterocycles. The highest BCUT2D eigenvalue weighted by atomic mass is 127. The van der Waals surface area contributed by atoms with E-state index in [1.165, 1.54) is 11.8 Å². The van der Waals surface area contributed by atoms with Crippen LogP contribution in [0.4, 0.5) is 13.2 Å². The van der Waals surface area contributed by atoms with Crippen LogP contribution in [0.3, 0.4) is 0 Å². The molecule has 0 amide bonds. The van der Waals surface area contributed by atoms with Gasteiger partial charge in [-0.05, 0) is 18.6 Å². The lowest BCUT2D eigenvalue weighted by atomic mass is 10.2. The van der Waals surface area contributed by atoms with Gasteiger partial charge in [-0.25, -0.2) is 4.98 Å². The van der Waals surface area contributed by atoms with Crippen LogP contribution in [-0.2, 0) is 13.2 Å². The Morgan fingerprint density at radius 1 is 1.12 bits per heavy atom. The average Bonchev–Trinajstić information content (AvgIpc) is 2.79. The number of hydrogen-bond acceptors (Lipinski definition) is 4. The molecule has 1 N–H and O–H groups in total. The topological polar surface area (TPSA) is 53.0 Å². The van der Waals surface area contributed by atoms with Gasteiger partial charge >= 0.3 is 6.18 Å². The van der Waals surface area contributed by atoms with Gasteiger partial charge in [0, 0.05) is 51.5 Å². The number of nitrogens with one attached hydrogen (secondary N) is 1. The summed E-state index contributed by atoms with van der Waals surface area (Å²) < 4.78 is 44.8. The number of guanidine groups is 1. The summed E-state index contributed by atoms with van der Waals surface area (Å²) in [4.78, 5) is 12.1. The minimum atomic E-state index is -4.21. The van der Waals surface area contributed by atoms with Crippen LogP contribution >= 0.6 is 24.0 Å². The molecule has 1 unspecified atom stereocenters. The predicted molar refractivity (Wildman–Crippen MR) is 129 cm³/mol. The SMILES string of the molecule is CN=C(NCc1cccnc1OCc1ccccc1)N1CCN(C(C)C(F)(F)F)CC1.I. The molecule has 0 radical (unpaired) electrons. The number of alkyl halides is 3. The maximum Gasteiger partial charge on any atom is 0.403 e. The Morgan fingerprint density at radius 2 is 1.81 bits per heavy atom. The minimum Gasteiger partial charge on any atom is -0.473 e. The van der Waals surface area contributed by atoms with E-state index in [9.17, 15) is 13.2 Å². The van der Waals surface area contributed by atoms with Crippen molar-refractivity contribution in [3.63, 3.8) is 0 Å². The average molecular weight is 563 g/mol. The van der Waals surface area contributed by atoms with Crippen LogP contribution in [0.25, 0.3) is 0 Å². The quantitative estimate of drug-likeness (QED) is 0.328. The lowest BCUT2D eigenvalue weighted by Crippen LogP contribution is -2.56. The van der Waals surface area contributed by atoms with Crippen LogP contribution in [0.1, 0.15) is 18.1 Å². The number of piperazine rings is 1. The molecule has 176 valence electrons. The van der Waals surface area contributed by atoms with Crippen molar-refractivity contribution in [1.82, 2.24) is 20.1 Å². The Balaban J connectivity index is 0.00000363. The fraction of sp³-hybridized carbons (Fsp3) is 0.455. The van der Waals surface area contributed by atoms with Crippen molar-refractivity contribution in [2.45, 2.75) is 32.3 Å². The van der Waals surface area contributed by atoms with E-state index in [1.54, 1.807) is 13.2 Å². The minimum absolute atomic E-state index is 0. The highest BCUT2D eigenvalue weighted by molar-refractivity contribution is 14.0. The molecule has 0 aliphatic carbocycles. The van der Waals surface area contributed by atoms with Crippen LogP contribution in [0.2, 0.25) is 0 Å². The number of hydrogen-bond donors (Lipinski definition) is 1. The molecule has 1 saturated heterocycles. The smallest absolute Gasteiger partial charge is 0.403 e. The van der Waals surface area contributed by atoms with E-state index in [0.717, 1.165) is 11.1 Å². The summed E-state index contributed by atoms with van der Waals surface area (Å²) in [5.41, 5.74) is 1.93. The molecule has 1 atom stereocenters. The highest BCUT2D eigenvalue weighted by Crippen LogP contribution is 2.25. The number of benzene rings is 1. The van der Waals surface area contributed by atoms with Crippen molar-refractivity contribution >= 4 is 29.9 Å². The maximum absolute atomic E-state index is 13.0. The van der Waals surface area contributed by atoms with Gasteiger partial charge in [0.2, 0.25) is 5.88 Å². The molecule has 1 aliphatic rings. The first kappa shape index (κ1) is 26.2. The second-order valence-electron chi connectivity index (χ2n) is 7.38. The summed E-state index contributed by atoms with van der Waals surface area (Å²) in [6.45, 7) is 3.69. The summed E-state index contributed by atoms with van der Waals surface area (Å²) >= 11 is 0. The van der Waals surface area contributed by atoms with Gasteiger partial charge in [-0.2, -0.15) is 13.2 Å². The van der Waals surface area contributed by atoms with E-state index in [4.69, 9.17) is 4.74 Å². The van der Waals surface area contributed by atoms with Crippen LogP contribution < -0.4 is 10.1 Å². The summed E-state index contributed by atoms with van der Waals surface area (Å²) in [5.74, 6) is 1.19. The van der Waals surface area contributed by atoms with Crippen molar-refractivity contribution in [3.05, 3.63) is 59.8 Å². The molecule has 1 aromatic carbocycles. The molecule has 3 rings (SSSR count). The summed E-state index contributed by atoms with van der Waals surface area (Å²) in [7, 11) is 1.67. The van der Waals surface area contributed by atoms with Crippen molar-refractivity contribution in [2.24, 2.45) is 4.99 Å². The molecule has 1 fully saturated rings. The summed E-state index contributed by atoms with van der Waals surface area (Å²) in [5, 5.41) is 3.28. The van der Waals surface area contributed by atoms with Gasteiger partial charge in [0.05, 0.1) is 0 Å². The second-order valence-corrected chi connectivity index (χ2v) is 7.38. The molecular weight excluding hydrogens is 534 g/mol. The first-order chi connectivity index (χ1) is 14.9. The van der Waals surface area contributed by atoms with Crippen LogP contribution in [-0.4, -0.2) is 66.2 Å². The third-order valence-corrected chi connectivity index (χ3v) is 5.35. The van der Waals surface area contributed by atoms with E-state index in [-0.39, 0.29) is 24.0 Å². The zero-order valence-electron chi connectivity index (χ0n) is 18.2. The first-order valence-electron chi connectivity index (χ1n) is 10.3. The Kier molecular flexibility index (Phi) is 10.0. The van der Waals surface area contributed by atoms with E-state index < -0.39 is 12.2 Å². The van der Waals surface area contributed by atoms with Crippen molar-refractivity contribution < 1.29 is 17.9 Å². The van der Waals surface area contributed by atoms with Gasteiger partial charge < -0.3 is 15.0 Å². The molecule has 2 heterocycles. The predicted octanol–water partition coefficient (Wildman–Crippen LogP) is 3.92. The third-order valence-electron chi connectivity index (χ3n) is 5.35. The van der Waals surface area contributed by atoms with Crippen LogP contribution in [0.5, 0.6) is 5.88 Å². The fourth-order valence-electron chi connectivity index (χ4n) is 3.45. The van der Waals surface area contributed by atoms with Crippen molar-refractivity contribution in [3.8, 4) is 5.88 Å². The second kappa shape index (κ2) is 12.2. The number of aromatic nitrogens is 1. The molecule has 0 saturated carbocycles. The Labute approximate surface area is 203 Å². The number of rotatable bonds is 6. The summed E-state index contributed by atoms with van der Waals surface area (Å²) in [6, 6.07) is 12.2. The molecule has 6 nitrogen and oxygen atoms in total. The molecule has 2 aromatic rings. The lowest BCUT2D eigenvalue weighted by Gasteiger charge is -2.39. The Hall–Kier alpha value is -2.08. The number of pyridine rings is 1. The maximum atomic E-state index is 13.0. The Bertz CT molecular complexity index is 858. The monoisotopic (exact) mass is 563 g/mol. The number of aliphatic imine (C=N–C) groups is 1. The largest absolute Gasteiger partial charge is 0.473 e. The van der Waals surface area contributed by atoms with E-state index >= 15 is 0 Å². The molecule has 32 heavy (non-hydrogen) atoms. The van der Waals surface area contributed by atoms with Crippen LogP contribution in [0, 0.1) is 0 Å². The standard InChI is InChI=1S/C22H28F3N5O.HI/c1-17(22(23,24)25)29-11-13-30(14-12-29)21(26-2)28-15-19-9-6-10-27-20(19)31-16-18-7-4-3-5-8-18;/h3-10,17H,11-16H2,1-2H3,(H,26,28);1H. The van der Waals surface area contributed by atoms with E-state index in [2.05, 4.69) is 15.3 Å². The van der Waals surface area contributed by atoms with Gasteiger partial charge in [-0.15, -0.1) is 24.0 Å². The van der Waals surface area contributed by atoms with E-state index in [0.29, 0.717) is 51.2 Å². The van der Waals surface area contributed by atoms with Crippen molar-refractivity contribution in [1.29, 1.82) is 0 Å². The third kappa shape index (κ3) is 7.22. The first-order valence-corrected chi connectivity index (χ1v) is 10.3. The lowest BCUT2D eigenvalue weighted by molar-refractivity contribution is -0.181.